The number of carbonyl (C=O) groups excluding carboxylic acids is 1. The summed E-state index contributed by atoms with van der Waals surface area (Å²) >= 11 is 9.31. The number of ether oxygens (including phenoxy) is 3. The van der Waals surface area contributed by atoms with Crippen molar-refractivity contribution in [2.24, 2.45) is 0 Å². The van der Waals surface area contributed by atoms with Crippen LogP contribution in [-0.2, 0) is 27.9 Å². The van der Waals surface area contributed by atoms with Gasteiger partial charge in [0.05, 0.1) is 32.8 Å². The minimum atomic E-state index is -3.98. The van der Waals surface area contributed by atoms with Gasteiger partial charge in [-0.2, -0.15) is 4.31 Å². The molecule has 3 aromatic rings. The average Bonchev–Trinajstić information content (AvgIpc) is 2.88. The number of benzene rings is 3. The molecule has 11 heteroatoms. The Morgan fingerprint density at radius 2 is 1.43 bits per heavy atom. The molecule has 0 radical (unpaired) electrons. The summed E-state index contributed by atoms with van der Waals surface area (Å²) in [6.45, 7) is -0.163. The van der Waals surface area contributed by atoms with Crippen LogP contribution < -0.4 is 14.2 Å². The van der Waals surface area contributed by atoms with E-state index < -0.39 is 10.0 Å². The molecule has 3 rings (SSSR count). The zero-order chi connectivity index (χ0) is 27.2. The number of hydrogen-bond donors (Lipinski definition) is 0. The number of amides is 1. The van der Waals surface area contributed by atoms with E-state index in [1.54, 1.807) is 55.6 Å². The summed E-state index contributed by atoms with van der Waals surface area (Å²) in [5.41, 5.74) is 1.43. The third-order valence-electron chi connectivity index (χ3n) is 5.61. The fourth-order valence-corrected chi connectivity index (χ4v) is 5.40. The van der Waals surface area contributed by atoms with E-state index in [4.69, 9.17) is 25.8 Å². The predicted octanol–water partition coefficient (Wildman–Crippen LogP) is 4.98. The Morgan fingerprint density at radius 1 is 0.865 bits per heavy atom. The number of likely N-dealkylation sites (N-methyl/N-ethyl adjacent to an activating group) is 1. The molecule has 1 amide bonds. The zero-order valence-electron chi connectivity index (χ0n) is 20.9. The molecule has 0 saturated carbocycles. The standard InChI is InChI=1S/C26H28BrClN2O6S/c1-29(15-19-13-23(34-2)26(36-4)24(14-19)35-3)25(31)17-30(16-18-5-9-21(28)10-6-18)37(32,33)22-11-7-20(27)8-12-22/h5-14H,15-17H2,1-4H3. The van der Waals surface area contributed by atoms with E-state index in [1.807, 2.05) is 0 Å². The molecule has 0 aliphatic carbocycles. The van der Waals surface area contributed by atoms with Gasteiger partial charge in [0.25, 0.3) is 0 Å². The van der Waals surface area contributed by atoms with Gasteiger partial charge in [0.2, 0.25) is 21.7 Å². The number of carbonyl (C=O) groups is 1. The van der Waals surface area contributed by atoms with E-state index >= 15 is 0 Å². The Balaban J connectivity index is 1.87. The summed E-state index contributed by atoms with van der Waals surface area (Å²) in [6.07, 6.45) is 0. The lowest BCUT2D eigenvalue weighted by atomic mass is 10.1. The minimum absolute atomic E-state index is 0.000667. The van der Waals surface area contributed by atoms with Gasteiger partial charge in [0.1, 0.15) is 0 Å². The summed E-state index contributed by atoms with van der Waals surface area (Å²) in [4.78, 5) is 14.8. The molecule has 8 nitrogen and oxygen atoms in total. The monoisotopic (exact) mass is 610 g/mol. The van der Waals surface area contributed by atoms with Crippen molar-refractivity contribution in [3.8, 4) is 17.2 Å². The first-order chi connectivity index (χ1) is 17.6. The molecule has 0 N–H and O–H groups in total. The van der Waals surface area contributed by atoms with Gasteiger partial charge in [-0.3, -0.25) is 4.79 Å². The van der Waals surface area contributed by atoms with Crippen LogP contribution in [0.4, 0.5) is 0 Å². The molecule has 0 aliphatic rings. The summed E-state index contributed by atoms with van der Waals surface area (Å²) < 4.78 is 45.1. The third-order valence-corrected chi connectivity index (χ3v) is 8.19. The van der Waals surface area contributed by atoms with Crippen LogP contribution >= 0.6 is 27.5 Å². The Labute approximate surface area is 230 Å². The van der Waals surface area contributed by atoms with Crippen LogP contribution in [-0.4, -0.2) is 58.5 Å². The number of halogens is 2. The molecular formula is C26H28BrClN2O6S. The number of sulfonamides is 1. The van der Waals surface area contributed by atoms with E-state index in [-0.39, 0.29) is 30.4 Å². The highest BCUT2D eigenvalue weighted by Gasteiger charge is 2.28. The lowest BCUT2D eigenvalue weighted by Gasteiger charge is -2.25. The first-order valence-electron chi connectivity index (χ1n) is 11.1. The Kier molecular flexibility index (Phi) is 9.83. The average molecular weight is 612 g/mol. The number of methoxy groups -OCH3 is 3. The molecule has 0 aliphatic heterocycles. The fourth-order valence-electron chi connectivity index (χ4n) is 3.64. The SMILES string of the molecule is COc1cc(CN(C)C(=O)CN(Cc2ccc(Cl)cc2)S(=O)(=O)c2ccc(Br)cc2)cc(OC)c1OC. The largest absolute Gasteiger partial charge is 0.493 e. The van der Waals surface area contributed by atoms with E-state index in [1.165, 1.54) is 38.4 Å². The molecular weight excluding hydrogens is 584 g/mol. The highest BCUT2D eigenvalue weighted by atomic mass is 79.9. The van der Waals surface area contributed by atoms with Crippen LogP contribution in [0, 0.1) is 0 Å². The number of nitrogens with zero attached hydrogens (tertiary/aromatic N) is 2. The molecule has 0 unspecified atom stereocenters. The second kappa shape index (κ2) is 12.6. The minimum Gasteiger partial charge on any atom is -0.493 e. The topological polar surface area (TPSA) is 85.4 Å². The second-order valence-electron chi connectivity index (χ2n) is 8.14. The molecule has 0 heterocycles. The van der Waals surface area contributed by atoms with Gasteiger partial charge in [0.15, 0.2) is 11.5 Å². The third kappa shape index (κ3) is 7.16. The molecule has 0 bridgehead atoms. The summed E-state index contributed by atoms with van der Waals surface area (Å²) in [6, 6.07) is 16.6. The quantitative estimate of drug-likeness (QED) is 0.304. The van der Waals surface area contributed by atoms with Crippen molar-refractivity contribution in [1.29, 1.82) is 0 Å². The zero-order valence-corrected chi connectivity index (χ0v) is 24.1. The van der Waals surface area contributed by atoms with Gasteiger partial charge < -0.3 is 19.1 Å². The highest BCUT2D eigenvalue weighted by molar-refractivity contribution is 9.10. The molecule has 0 saturated heterocycles. The fraction of sp³-hybridized carbons (Fsp3) is 0.269. The summed E-state index contributed by atoms with van der Waals surface area (Å²) in [7, 11) is 2.16. The van der Waals surface area contributed by atoms with Crippen molar-refractivity contribution in [2.75, 3.05) is 34.9 Å². The Morgan fingerprint density at radius 3 is 1.95 bits per heavy atom. The van der Waals surface area contributed by atoms with Gasteiger partial charge in [-0.15, -0.1) is 0 Å². The van der Waals surface area contributed by atoms with Crippen LogP contribution in [0.1, 0.15) is 11.1 Å². The van der Waals surface area contributed by atoms with Crippen LogP contribution in [0.2, 0.25) is 5.02 Å². The lowest BCUT2D eigenvalue weighted by Crippen LogP contribution is -2.40. The molecule has 198 valence electrons. The van der Waals surface area contributed by atoms with Crippen molar-refractivity contribution >= 4 is 43.5 Å². The summed E-state index contributed by atoms with van der Waals surface area (Å²) in [5.74, 6) is 0.973. The van der Waals surface area contributed by atoms with E-state index in [0.717, 1.165) is 14.3 Å². The first kappa shape index (κ1) is 28.8. The van der Waals surface area contributed by atoms with Crippen LogP contribution in [0.5, 0.6) is 17.2 Å². The smallest absolute Gasteiger partial charge is 0.243 e. The normalized spacial score (nSPS) is 11.3. The number of hydrogen-bond acceptors (Lipinski definition) is 6. The maximum Gasteiger partial charge on any atom is 0.243 e. The first-order valence-corrected chi connectivity index (χ1v) is 13.7. The molecule has 3 aromatic carbocycles. The molecule has 0 fully saturated rings. The molecule has 0 aromatic heterocycles. The van der Waals surface area contributed by atoms with Gasteiger partial charge in [-0.05, 0) is 59.7 Å². The van der Waals surface area contributed by atoms with Crippen molar-refractivity contribution in [3.63, 3.8) is 0 Å². The van der Waals surface area contributed by atoms with Gasteiger partial charge in [-0.25, -0.2) is 8.42 Å². The van der Waals surface area contributed by atoms with Gasteiger partial charge in [0, 0.05) is 29.6 Å². The van der Waals surface area contributed by atoms with Crippen LogP contribution in [0.25, 0.3) is 0 Å². The van der Waals surface area contributed by atoms with Crippen molar-refractivity contribution < 1.29 is 27.4 Å². The predicted molar refractivity (Wildman–Crippen MR) is 146 cm³/mol. The second-order valence-corrected chi connectivity index (χ2v) is 11.4. The molecule has 0 atom stereocenters. The summed E-state index contributed by atoms with van der Waals surface area (Å²) in [5, 5.41) is 0.534. The van der Waals surface area contributed by atoms with Crippen molar-refractivity contribution in [1.82, 2.24) is 9.21 Å². The Bertz CT molecular complexity index is 1310. The lowest BCUT2D eigenvalue weighted by molar-refractivity contribution is -0.130. The van der Waals surface area contributed by atoms with Gasteiger partial charge in [-0.1, -0.05) is 39.7 Å². The van der Waals surface area contributed by atoms with E-state index in [2.05, 4.69) is 15.9 Å². The van der Waals surface area contributed by atoms with Crippen molar-refractivity contribution in [3.05, 3.63) is 81.3 Å². The molecule has 37 heavy (non-hydrogen) atoms. The number of rotatable bonds is 11. The van der Waals surface area contributed by atoms with Crippen LogP contribution in [0.3, 0.4) is 0 Å². The Hall–Kier alpha value is -2.79. The maximum atomic E-state index is 13.5. The van der Waals surface area contributed by atoms with Crippen LogP contribution in [0.15, 0.2) is 70.0 Å². The molecule has 0 spiro atoms. The van der Waals surface area contributed by atoms with E-state index in [0.29, 0.717) is 27.8 Å². The highest BCUT2D eigenvalue weighted by Crippen LogP contribution is 2.38. The van der Waals surface area contributed by atoms with E-state index in [9.17, 15) is 13.2 Å². The maximum absolute atomic E-state index is 13.5. The van der Waals surface area contributed by atoms with Gasteiger partial charge >= 0.3 is 0 Å². The van der Waals surface area contributed by atoms with Crippen molar-refractivity contribution in [2.45, 2.75) is 18.0 Å².